The number of carboxylic acid groups (broad SMARTS) is 1. The number of likely N-dealkylation sites (N-methyl/N-ethyl adjacent to an activating group) is 1. The molecule has 0 aromatic carbocycles. The van der Waals surface area contributed by atoms with Crippen molar-refractivity contribution in [3.05, 3.63) is 15.8 Å². The average molecular weight is 229 g/mol. The van der Waals surface area contributed by atoms with Gasteiger partial charge in [0.15, 0.2) is 11.5 Å². The van der Waals surface area contributed by atoms with Gasteiger partial charge >= 0.3 is 5.97 Å². The van der Waals surface area contributed by atoms with E-state index >= 15 is 0 Å². The van der Waals surface area contributed by atoms with Gasteiger partial charge in [0, 0.05) is 11.9 Å². The van der Waals surface area contributed by atoms with Gasteiger partial charge in [0.1, 0.15) is 5.75 Å². The van der Waals surface area contributed by atoms with Crippen molar-refractivity contribution in [3.8, 4) is 5.75 Å². The van der Waals surface area contributed by atoms with Gasteiger partial charge in [0.25, 0.3) is 5.91 Å². The molecule has 6 heteroatoms. The van der Waals surface area contributed by atoms with Crippen molar-refractivity contribution in [2.24, 2.45) is 0 Å². The van der Waals surface area contributed by atoms with Crippen LogP contribution in [0.4, 0.5) is 0 Å². The molecular weight excluding hydrogens is 218 g/mol. The summed E-state index contributed by atoms with van der Waals surface area (Å²) in [6.07, 6.45) is 0. The second kappa shape index (κ2) is 4.79. The van der Waals surface area contributed by atoms with E-state index in [9.17, 15) is 9.59 Å². The first-order valence-electron chi connectivity index (χ1n) is 4.21. The van der Waals surface area contributed by atoms with Crippen LogP contribution in [-0.4, -0.2) is 30.6 Å². The van der Waals surface area contributed by atoms with E-state index in [0.717, 1.165) is 16.2 Å². The zero-order valence-electron chi connectivity index (χ0n) is 8.36. The van der Waals surface area contributed by atoms with Crippen LogP contribution in [0.2, 0.25) is 0 Å². The SMILES string of the molecule is CNC(=O)COc1cc(C)sc1C(=O)O. The molecule has 5 nitrogen and oxygen atoms in total. The van der Waals surface area contributed by atoms with Gasteiger partial charge in [-0.3, -0.25) is 4.79 Å². The predicted molar refractivity (Wildman–Crippen MR) is 55.6 cm³/mol. The summed E-state index contributed by atoms with van der Waals surface area (Å²) >= 11 is 1.13. The van der Waals surface area contributed by atoms with E-state index in [2.05, 4.69) is 5.32 Å². The molecule has 0 aliphatic carbocycles. The molecule has 0 fully saturated rings. The van der Waals surface area contributed by atoms with Gasteiger partial charge in [-0.1, -0.05) is 0 Å². The van der Waals surface area contributed by atoms with Gasteiger partial charge in [-0.15, -0.1) is 11.3 Å². The average Bonchev–Trinajstić information content (AvgIpc) is 2.56. The summed E-state index contributed by atoms with van der Waals surface area (Å²) in [5.41, 5.74) is 0. The summed E-state index contributed by atoms with van der Waals surface area (Å²) in [6.45, 7) is 1.61. The highest BCUT2D eigenvalue weighted by atomic mass is 32.1. The summed E-state index contributed by atoms with van der Waals surface area (Å²) in [7, 11) is 1.49. The molecule has 0 spiro atoms. The number of carbonyl (C=O) groups excluding carboxylic acids is 1. The van der Waals surface area contributed by atoms with Gasteiger partial charge < -0.3 is 15.2 Å². The number of ether oxygens (including phenoxy) is 1. The molecule has 2 N–H and O–H groups in total. The molecule has 0 atom stereocenters. The lowest BCUT2D eigenvalue weighted by molar-refractivity contribution is -0.122. The monoisotopic (exact) mass is 229 g/mol. The van der Waals surface area contributed by atoms with Crippen molar-refractivity contribution < 1.29 is 19.4 Å². The Kier molecular flexibility index (Phi) is 3.68. The van der Waals surface area contributed by atoms with Crippen LogP contribution in [0, 0.1) is 6.92 Å². The third kappa shape index (κ3) is 2.95. The molecule has 1 heterocycles. The number of aromatic carboxylic acids is 1. The van der Waals surface area contributed by atoms with Crippen LogP contribution in [0.1, 0.15) is 14.5 Å². The topological polar surface area (TPSA) is 75.6 Å². The van der Waals surface area contributed by atoms with Crippen molar-refractivity contribution in [1.29, 1.82) is 0 Å². The minimum atomic E-state index is -1.04. The van der Waals surface area contributed by atoms with E-state index in [1.54, 1.807) is 13.0 Å². The first-order chi connectivity index (χ1) is 7.04. The lowest BCUT2D eigenvalue weighted by atomic mass is 10.4. The van der Waals surface area contributed by atoms with Crippen LogP contribution >= 0.6 is 11.3 Å². The molecule has 15 heavy (non-hydrogen) atoms. The Hall–Kier alpha value is -1.56. The molecular formula is C9H11NO4S. The Balaban J connectivity index is 2.75. The van der Waals surface area contributed by atoms with Crippen LogP contribution in [-0.2, 0) is 4.79 Å². The van der Waals surface area contributed by atoms with Gasteiger partial charge in [-0.05, 0) is 13.0 Å². The standard InChI is InChI=1S/C9H11NO4S/c1-5-3-6(8(15-5)9(12)13)14-4-7(11)10-2/h3H,4H2,1-2H3,(H,10,11)(H,12,13). The summed E-state index contributed by atoms with van der Waals surface area (Å²) < 4.78 is 5.09. The van der Waals surface area contributed by atoms with Crippen LogP contribution in [0.25, 0.3) is 0 Å². The molecule has 0 aliphatic heterocycles. The molecule has 0 bridgehead atoms. The fraction of sp³-hybridized carbons (Fsp3) is 0.333. The first-order valence-corrected chi connectivity index (χ1v) is 5.03. The molecule has 0 saturated heterocycles. The van der Waals surface area contributed by atoms with Gasteiger partial charge in [0.05, 0.1) is 0 Å². The highest BCUT2D eigenvalue weighted by Gasteiger charge is 2.15. The van der Waals surface area contributed by atoms with E-state index in [1.807, 2.05) is 0 Å². The van der Waals surface area contributed by atoms with Crippen LogP contribution in [0.3, 0.4) is 0 Å². The van der Waals surface area contributed by atoms with E-state index in [0.29, 0.717) is 0 Å². The molecule has 1 amide bonds. The molecule has 0 aliphatic rings. The third-order valence-corrected chi connectivity index (χ3v) is 2.67. The second-order valence-corrected chi connectivity index (χ2v) is 4.07. The Bertz CT molecular complexity index is 385. The summed E-state index contributed by atoms with van der Waals surface area (Å²) in [4.78, 5) is 22.6. The minimum Gasteiger partial charge on any atom is -0.482 e. The predicted octanol–water partition coefficient (Wildman–Crippen LogP) is 0.880. The van der Waals surface area contributed by atoms with Crippen molar-refractivity contribution in [1.82, 2.24) is 5.32 Å². The van der Waals surface area contributed by atoms with Crippen molar-refractivity contribution in [2.75, 3.05) is 13.7 Å². The smallest absolute Gasteiger partial charge is 0.349 e. The van der Waals surface area contributed by atoms with Crippen LogP contribution < -0.4 is 10.1 Å². The Labute approximate surface area is 90.7 Å². The summed E-state index contributed by atoms with van der Waals surface area (Å²) in [6, 6.07) is 1.61. The Morgan fingerprint density at radius 3 is 2.80 bits per heavy atom. The van der Waals surface area contributed by atoms with Crippen LogP contribution in [0.5, 0.6) is 5.75 Å². The molecule has 1 aromatic rings. The number of amides is 1. The molecule has 0 radical (unpaired) electrons. The maximum atomic E-state index is 10.9. The molecule has 0 unspecified atom stereocenters. The summed E-state index contributed by atoms with van der Waals surface area (Å²) in [5, 5.41) is 11.2. The van der Waals surface area contributed by atoms with E-state index in [1.165, 1.54) is 7.05 Å². The molecule has 1 aromatic heterocycles. The van der Waals surface area contributed by atoms with E-state index < -0.39 is 5.97 Å². The number of nitrogens with one attached hydrogen (secondary N) is 1. The van der Waals surface area contributed by atoms with Gasteiger partial charge in [-0.25, -0.2) is 4.79 Å². The second-order valence-electron chi connectivity index (χ2n) is 2.82. The lowest BCUT2D eigenvalue weighted by Crippen LogP contribution is -2.25. The Morgan fingerprint density at radius 2 is 2.27 bits per heavy atom. The maximum Gasteiger partial charge on any atom is 0.349 e. The zero-order chi connectivity index (χ0) is 11.4. The van der Waals surface area contributed by atoms with Gasteiger partial charge in [-0.2, -0.15) is 0 Å². The number of thiophene rings is 1. The third-order valence-electron chi connectivity index (χ3n) is 1.65. The van der Waals surface area contributed by atoms with Crippen molar-refractivity contribution in [3.63, 3.8) is 0 Å². The fourth-order valence-electron chi connectivity index (χ4n) is 0.963. The summed E-state index contributed by atoms with van der Waals surface area (Å²) in [5.74, 6) is -1.09. The van der Waals surface area contributed by atoms with Gasteiger partial charge in [0.2, 0.25) is 0 Å². The quantitative estimate of drug-likeness (QED) is 0.803. The number of hydrogen-bond donors (Lipinski definition) is 2. The number of aryl methyl sites for hydroxylation is 1. The number of hydrogen-bond acceptors (Lipinski definition) is 4. The normalized spacial score (nSPS) is 9.73. The molecule has 0 saturated carbocycles. The molecule has 1 rings (SSSR count). The van der Waals surface area contributed by atoms with Crippen molar-refractivity contribution in [2.45, 2.75) is 6.92 Å². The fourth-order valence-corrected chi connectivity index (χ4v) is 1.76. The molecule has 82 valence electrons. The first kappa shape index (κ1) is 11.5. The van der Waals surface area contributed by atoms with E-state index in [-0.39, 0.29) is 23.1 Å². The zero-order valence-corrected chi connectivity index (χ0v) is 9.18. The number of rotatable bonds is 4. The largest absolute Gasteiger partial charge is 0.482 e. The Morgan fingerprint density at radius 1 is 1.60 bits per heavy atom. The number of carbonyl (C=O) groups is 2. The lowest BCUT2D eigenvalue weighted by Gasteiger charge is -2.03. The van der Waals surface area contributed by atoms with Crippen molar-refractivity contribution >= 4 is 23.2 Å². The number of carboxylic acids is 1. The highest BCUT2D eigenvalue weighted by Crippen LogP contribution is 2.28. The highest BCUT2D eigenvalue weighted by molar-refractivity contribution is 7.14. The maximum absolute atomic E-state index is 10.9. The van der Waals surface area contributed by atoms with Crippen LogP contribution in [0.15, 0.2) is 6.07 Å². The minimum absolute atomic E-state index is 0.122. The van der Waals surface area contributed by atoms with E-state index in [4.69, 9.17) is 9.84 Å².